The lowest BCUT2D eigenvalue weighted by molar-refractivity contribution is -0.143. The molecule has 3 aliphatic rings. The summed E-state index contributed by atoms with van der Waals surface area (Å²) in [6.07, 6.45) is 4.56. The maximum absolute atomic E-state index is 12.5. The first-order valence-corrected chi connectivity index (χ1v) is 10.9. The summed E-state index contributed by atoms with van der Waals surface area (Å²) in [5.41, 5.74) is 1.18. The molecule has 6 nitrogen and oxygen atoms in total. The molecule has 0 radical (unpaired) electrons. The van der Waals surface area contributed by atoms with Crippen molar-refractivity contribution in [1.82, 2.24) is 10.2 Å². The van der Waals surface area contributed by atoms with Crippen LogP contribution in [-0.2, 0) is 14.4 Å². The molecular weight excluding hydrogens is 422 g/mol. The molecule has 150 valence electrons. The maximum atomic E-state index is 12.5. The molecular formula is C21H26BrN3O3. The SMILES string of the molecule is O=C(CN1C(=O)[C@@H]2CCCC[C@H]2C1=O)NC[C@@H]1CCN(c2cccc(Br)c2)C1. The largest absolute Gasteiger partial charge is 0.371 e. The number of likely N-dealkylation sites (tertiary alicyclic amines) is 1. The molecule has 1 aromatic carbocycles. The number of fused-ring (bicyclic) bond motifs is 1. The zero-order valence-corrected chi connectivity index (χ0v) is 17.5. The fourth-order valence-corrected chi connectivity index (χ4v) is 5.14. The average molecular weight is 448 g/mol. The fraction of sp³-hybridized carbons (Fsp3) is 0.571. The molecule has 7 heteroatoms. The van der Waals surface area contributed by atoms with Crippen molar-refractivity contribution in [3.63, 3.8) is 0 Å². The van der Waals surface area contributed by atoms with Gasteiger partial charge in [-0.1, -0.05) is 34.8 Å². The van der Waals surface area contributed by atoms with Crippen LogP contribution in [0.4, 0.5) is 5.69 Å². The Morgan fingerprint density at radius 1 is 1.11 bits per heavy atom. The maximum Gasteiger partial charge on any atom is 0.240 e. The summed E-state index contributed by atoms with van der Waals surface area (Å²) < 4.78 is 1.06. The highest BCUT2D eigenvalue weighted by molar-refractivity contribution is 9.10. The monoisotopic (exact) mass is 447 g/mol. The number of benzene rings is 1. The Hall–Kier alpha value is -1.89. The summed E-state index contributed by atoms with van der Waals surface area (Å²) in [6.45, 7) is 2.30. The third kappa shape index (κ3) is 3.95. The topological polar surface area (TPSA) is 69.7 Å². The van der Waals surface area contributed by atoms with Crippen molar-refractivity contribution in [1.29, 1.82) is 0 Å². The highest BCUT2D eigenvalue weighted by Crippen LogP contribution is 2.37. The quantitative estimate of drug-likeness (QED) is 0.704. The predicted molar refractivity (Wildman–Crippen MR) is 110 cm³/mol. The summed E-state index contributed by atoms with van der Waals surface area (Å²) in [5, 5.41) is 2.94. The fourth-order valence-electron chi connectivity index (χ4n) is 4.75. The molecule has 2 aliphatic heterocycles. The first-order valence-electron chi connectivity index (χ1n) is 10.2. The van der Waals surface area contributed by atoms with Gasteiger partial charge in [0.05, 0.1) is 11.8 Å². The van der Waals surface area contributed by atoms with Crippen molar-refractivity contribution in [2.45, 2.75) is 32.1 Å². The van der Waals surface area contributed by atoms with Gasteiger partial charge in [-0.15, -0.1) is 0 Å². The average Bonchev–Trinajstić information content (AvgIpc) is 3.26. The van der Waals surface area contributed by atoms with E-state index in [1.54, 1.807) is 0 Å². The molecule has 3 amide bonds. The van der Waals surface area contributed by atoms with E-state index < -0.39 is 0 Å². The van der Waals surface area contributed by atoms with E-state index in [9.17, 15) is 14.4 Å². The van der Waals surface area contributed by atoms with E-state index in [4.69, 9.17) is 0 Å². The van der Waals surface area contributed by atoms with Crippen molar-refractivity contribution in [2.75, 3.05) is 31.1 Å². The second kappa shape index (κ2) is 8.23. The lowest BCUT2D eigenvalue weighted by atomic mass is 9.81. The Morgan fingerprint density at radius 2 is 1.82 bits per heavy atom. The van der Waals surface area contributed by atoms with Crippen LogP contribution in [0, 0.1) is 17.8 Å². The first kappa shape index (κ1) is 19.4. The van der Waals surface area contributed by atoms with Crippen LogP contribution in [0.1, 0.15) is 32.1 Å². The van der Waals surface area contributed by atoms with Gasteiger partial charge in [-0.3, -0.25) is 19.3 Å². The van der Waals surface area contributed by atoms with E-state index in [0.717, 1.165) is 49.7 Å². The van der Waals surface area contributed by atoms with Crippen molar-refractivity contribution >= 4 is 39.3 Å². The van der Waals surface area contributed by atoms with Gasteiger partial charge in [0.2, 0.25) is 17.7 Å². The van der Waals surface area contributed by atoms with Crippen LogP contribution < -0.4 is 10.2 Å². The van der Waals surface area contributed by atoms with Crippen LogP contribution in [0.25, 0.3) is 0 Å². The minimum atomic E-state index is -0.235. The van der Waals surface area contributed by atoms with Crippen LogP contribution >= 0.6 is 15.9 Å². The van der Waals surface area contributed by atoms with Crippen molar-refractivity contribution in [3.05, 3.63) is 28.7 Å². The standard InChI is InChI=1S/C21H26BrN3O3/c22-15-4-3-5-16(10-15)24-9-8-14(12-24)11-23-19(26)13-25-20(27)17-6-1-2-7-18(17)21(25)28/h3-5,10,14,17-18H,1-2,6-9,11-13H2,(H,23,26)/t14-,17+,18+/m0/s1. The molecule has 0 spiro atoms. The number of nitrogens with zero attached hydrogens (tertiary/aromatic N) is 2. The second-order valence-electron chi connectivity index (χ2n) is 8.14. The molecule has 2 saturated heterocycles. The molecule has 2 heterocycles. The van der Waals surface area contributed by atoms with E-state index in [2.05, 4.69) is 38.3 Å². The molecule has 1 saturated carbocycles. The van der Waals surface area contributed by atoms with Gasteiger partial charge in [-0.05, 0) is 43.4 Å². The molecule has 28 heavy (non-hydrogen) atoms. The van der Waals surface area contributed by atoms with E-state index in [0.29, 0.717) is 12.5 Å². The van der Waals surface area contributed by atoms with Gasteiger partial charge >= 0.3 is 0 Å². The number of nitrogens with one attached hydrogen (secondary N) is 1. The summed E-state index contributed by atoms with van der Waals surface area (Å²) in [4.78, 5) is 40.9. The number of carbonyl (C=O) groups is 3. The molecule has 1 N–H and O–H groups in total. The van der Waals surface area contributed by atoms with Crippen LogP contribution in [-0.4, -0.2) is 48.8 Å². The van der Waals surface area contributed by atoms with Crippen molar-refractivity contribution < 1.29 is 14.4 Å². The normalized spacial score (nSPS) is 27.2. The van der Waals surface area contributed by atoms with Gasteiger partial charge in [0, 0.05) is 29.8 Å². The van der Waals surface area contributed by atoms with E-state index in [-0.39, 0.29) is 36.1 Å². The van der Waals surface area contributed by atoms with E-state index in [1.165, 1.54) is 10.6 Å². The number of rotatable bonds is 5. The number of carbonyl (C=O) groups excluding carboxylic acids is 3. The zero-order chi connectivity index (χ0) is 19.7. The smallest absolute Gasteiger partial charge is 0.240 e. The number of anilines is 1. The Morgan fingerprint density at radius 3 is 2.50 bits per heavy atom. The van der Waals surface area contributed by atoms with Gasteiger partial charge in [-0.25, -0.2) is 0 Å². The van der Waals surface area contributed by atoms with Crippen LogP contribution in [0.5, 0.6) is 0 Å². The molecule has 1 aromatic rings. The van der Waals surface area contributed by atoms with Crippen LogP contribution in [0.3, 0.4) is 0 Å². The summed E-state index contributed by atoms with van der Waals surface area (Å²) in [7, 11) is 0. The van der Waals surface area contributed by atoms with Gasteiger partial charge in [0.1, 0.15) is 6.54 Å². The molecule has 3 atom stereocenters. The molecule has 1 aliphatic carbocycles. The van der Waals surface area contributed by atoms with E-state index in [1.807, 2.05) is 12.1 Å². The number of halogens is 1. The number of imide groups is 1. The lowest BCUT2D eigenvalue weighted by Crippen LogP contribution is -2.42. The number of hydrogen-bond acceptors (Lipinski definition) is 4. The Bertz CT molecular complexity index is 760. The Labute approximate surface area is 173 Å². The van der Waals surface area contributed by atoms with Crippen LogP contribution in [0.15, 0.2) is 28.7 Å². The first-order chi connectivity index (χ1) is 13.5. The summed E-state index contributed by atoms with van der Waals surface area (Å²) in [5.74, 6) is -0.542. The number of amides is 3. The molecule has 0 bridgehead atoms. The third-order valence-electron chi connectivity index (χ3n) is 6.28. The zero-order valence-electron chi connectivity index (χ0n) is 15.9. The second-order valence-corrected chi connectivity index (χ2v) is 9.06. The van der Waals surface area contributed by atoms with Gasteiger partial charge in [-0.2, -0.15) is 0 Å². The van der Waals surface area contributed by atoms with Gasteiger partial charge < -0.3 is 10.2 Å². The van der Waals surface area contributed by atoms with Gasteiger partial charge in [0.15, 0.2) is 0 Å². The molecule has 4 rings (SSSR count). The third-order valence-corrected chi connectivity index (χ3v) is 6.77. The van der Waals surface area contributed by atoms with Crippen molar-refractivity contribution in [2.24, 2.45) is 17.8 Å². The molecule has 3 fully saturated rings. The Balaban J connectivity index is 1.26. The van der Waals surface area contributed by atoms with E-state index >= 15 is 0 Å². The lowest BCUT2D eigenvalue weighted by Gasteiger charge is -2.19. The number of hydrogen-bond donors (Lipinski definition) is 1. The minimum Gasteiger partial charge on any atom is -0.371 e. The van der Waals surface area contributed by atoms with Crippen LogP contribution in [0.2, 0.25) is 0 Å². The molecule has 0 aromatic heterocycles. The van der Waals surface area contributed by atoms with Gasteiger partial charge in [0.25, 0.3) is 0 Å². The van der Waals surface area contributed by atoms with Crippen molar-refractivity contribution in [3.8, 4) is 0 Å². The summed E-state index contributed by atoms with van der Waals surface area (Å²) in [6, 6.07) is 8.23. The molecule has 0 unspecified atom stereocenters. The highest BCUT2D eigenvalue weighted by Gasteiger charge is 2.48. The Kier molecular flexibility index (Phi) is 5.71. The predicted octanol–water partition coefficient (Wildman–Crippen LogP) is 2.57. The minimum absolute atomic E-state index is 0.132. The summed E-state index contributed by atoms with van der Waals surface area (Å²) >= 11 is 3.50. The highest BCUT2D eigenvalue weighted by atomic mass is 79.9.